The van der Waals surface area contributed by atoms with E-state index >= 15 is 0 Å². The van der Waals surface area contributed by atoms with E-state index in [-0.39, 0.29) is 18.8 Å². The smallest absolute Gasteiger partial charge is 0.200 e. The van der Waals surface area contributed by atoms with E-state index in [2.05, 4.69) is 0 Å². The van der Waals surface area contributed by atoms with Gasteiger partial charge in [-0.05, 0) is 18.3 Å². The topological polar surface area (TPSA) is 0 Å². The van der Waals surface area contributed by atoms with Gasteiger partial charge in [0.2, 0.25) is 0 Å². The van der Waals surface area contributed by atoms with Crippen LogP contribution in [-0.4, -0.2) is 11.8 Å². The van der Waals surface area contributed by atoms with Gasteiger partial charge in [-0.3, -0.25) is 0 Å². The molecule has 0 spiro atoms. The van der Waals surface area contributed by atoms with Crippen molar-refractivity contribution in [2.75, 3.05) is 0 Å². The van der Waals surface area contributed by atoms with E-state index in [9.17, 15) is 17.6 Å². The lowest BCUT2D eigenvalue weighted by molar-refractivity contribution is -0.201. The van der Waals surface area contributed by atoms with Crippen molar-refractivity contribution in [1.82, 2.24) is 0 Å². The van der Waals surface area contributed by atoms with E-state index in [1.807, 2.05) is 20.8 Å². The van der Waals surface area contributed by atoms with Crippen LogP contribution in [0.25, 0.3) is 0 Å². The van der Waals surface area contributed by atoms with E-state index < -0.39 is 18.3 Å². The van der Waals surface area contributed by atoms with Crippen LogP contribution in [0.2, 0.25) is 0 Å². The van der Waals surface area contributed by atoms with E-state index in [0.29, 0.717) is 6.42 Å². The summed E-state index contributed by atoms with van der Waals surface area (Å²) in [6, 6.07) is 0. The van der Waals surface area contributed by atoms with Crippen LogP contribution in [0.5, 0.6) is 0 Å². The lowest BCUT2D eigenvalue weighted by Crippen LogP contribution is -2.37. The lowest BCUT2D eigenvalue weighted by atomic mass is 9.88. The second-order valence-electron chi connectivity index (χ2n) is 5.01. The van der Waals surface area contributed by atoms with Crippen molar-refractivity contribution in [3.8, 4) is 0 Å². The highest BCUT2D eigenvalue weighted by molar-refractivity contribution is 4.80. The minimum atomic E-state index is -3.91. The maximum absolute atomic E-state index is 12.8. The molecule has 0 aromatic carbocycles. The number of rotatable bonds is 4. The van der Waals surface area contributed by atoms with Crippen LogP contribution in [0.4, 0.5) is 17.6 Å². The summed E-state index contributed by atoms with van der Waals surface area (Å²) in [4.78, 5) is 0. The zero-order chi connectivity index (χ0) is 11.6. The van der Waals surface area contributed by atoms with Crippen LogP contribution in [0.1, 0.15) is 47.0 Å². The normalized spacial score (nSPS) is 14.6. The van der Waals surface area contributed by atoms with Crippen LogP contribution in [0, 0.1) is 5.41 Å². The molecule has 0 N–H and O–H groups in total. The molecule has 4 heteroatoms. The van der Waals surface area contributed by atoms with Gasteiger partial charge in [-0.15, -0.1) is 0 Å². The summed E-state index contributed by atoms with van der Waals surface area (Å²) >= 11 is 0. The molecule has 0 unspecified atom stereocenters. The number of halogens is 4. The molecule has 0 bridgehead atoms. The van der Waals surface area contributed by atoms with E-state index in [1.54, 1.807) is 0 Å². The molecule has 0 rings (SSSR count). The van der Waals surface area contributed by atoms with Crippen molar-refractivity contribution < 1.29 is 17.6 Å². The van der Waals surface area contributed by atoms with Crippen molar-refractivity contribution >= 4 is 0 Å². The Morgan fingerprint density at radius 3 is 1.50 bits per heavy atom. The van der Waals surface area contributed by atoms with Gasteiger partial charge in [0, 0.05) is 13.3 Å². The second kappa shape index (κ2) is 4.07. The third-order valence-electron chi connectivity index (χ3n) is 2.06. The maximum Gasteiger partial charge on any atom is 0.309 e. The lowest BCUT2D eigenvalue weighted by Gasteiger charge is -2.25. The fourth-order valence-electron chi connectivity index (χ4n) is 1.06. The Morgan fingerprint density at radius 1 is 0.786 bits per heavy atom. The molecule has 0 saturated carbocycles. The zero-order valence-corrected chi connectivity index (χ0v) is 9.13. The number of hydrogen-bond donors (Lipinski definition) is 0. The minimum absolute atomic E-state index is 0.0842. The van der Waals surface area contributed by atoms with Crippen molar-refractivity contribution in [2.24, 2.45) is 5.41 Å². The molecule has 0 fully saturated rings. The molecule has 0 heterocycles. The van der Waals surface area contributed by atoms with Crippen LogP contribution in [-0.2, 0) is 0 Å². The SMILES string of the molecule is CC(C)(C)CCCC(F)(F)C(C)(F)F. The molecule has 0 saturated heterocycles. The fourth-order valence-corrected chi connectivity index (χ4v) is 1.06. The first kappa shape index (κ1) is 13.7. The van der Waals surface area contributed by atoms with Crippen LogP contribution in [0.3, 0.4) is 0 Å². The Bertz CT molecular complexity index is 174. The average Bonchev–Trinajstić information content (AvgIpc) is 1.80. The largest absolute Gasteiger partial charge is 0.309 e. The highest BCUT2D eigenvalue weighted by Gasteiger charge is 2.51. The summed E-state index contributed by atoms with van der Waals surface area (Å²) in [5.41, 5.74) is -0.0842. The predicted molar refractivity (Wildman–Crippen MR) is 48.9 cm³/mol. The Morgan fingerprint density at radius 2 is 1.21 bits per heavy atom. The summed E-state index contributed by atoms with van der Waals surface area (Å²) in [6.07, 6.45) is -0.0909. The van der Waals surface area contributed by atoms with Crippen molar-refractivity contribution in [1.29, 1.82) is 0 Å². The Labute approximate surface area is 82.7 Å². The first-order valence-electron chi connectivity index (χ1n) is 4.71. The van der Waals surface area contributed by atoms with Crippen molar-refractivity contribution in [3.05, 3.63) is 0 Å². The molecule has 0 aromatic rings. The summed E-state index contributed by atoms with van der Waals surface area (Å²) in [5, 5.41) is 0. The Balaban J connectivity index is 4.02. The summed E-state index contributed by atoms with van der Waals surface area (Å²) in [6.45, 7) is 5.96. The van der Waals surface area contributed by atoms with Crippen LogP contribution >= 0.6 is 0 Å². The highest BCUT2D eigenvalue weighted by atomic mass is 19.3. The molecule has 0 amide bonds. The maximum atomic E-state index is 12.8. The molecule has 14 heavy (non-hydrogen) atoms. The summed E-state index contributed by atoms with van der Waals surface area (Å²) in [7, 11) is 0. The van der Waals surface area contributed by atoms with Gasteiger partial charge in [-0.1, -0.05) is 20.8 Å². The number of hydrogen-bond acceptors (Lipinski definition) is 0. The molecule has 0 aliphatic rings. The van der Waals surface area contributed by atoms with Gasteiger partial charge >= 0.3 is 11.8 Å². The van der Waals surface area contributed by atoms with Gasteiger partial charge in [-0.25, -0.2) is 8.78 Å². The standard InChI is InChI=1S/C10H18F4/c1-8(2,3)6-5-7-10(13,14)9(4,11)12/h5-7H2,1-4H3. The van der Waals surface area contributed by atoms with Gasteiger partial charge in [0.15, 0.2) is 0 Å². The molecule has 0 nitrogen and oxygen atoms in total. The molecular formula is C10H18F4. The predicted octanol–water partition coefficient (Wildman–Crippen LogP) is 4.49. The monoisotopic (exact) mass is 214 g/mol. The van der Waals surface area contributed by atoms with Crippen LogP contribution in [0.15, 0.2) is 0 Å². The number of alkyl halides is 4. The third-order valence-corrected chi connectivity index (χ3v) is 2.06. The fraction of sp³-hybridized carbons (Fsp3) is 1.00. The van der Waals surface area contributed by atoms with Gasteiger partial charge in [0.25, 0.3) is 0 Å². The van der Waals surface area contributed by atoms with Gasteiger partial charge < -0.3 is 0 Å². The van der Waals surface area contributed by atoms with Crippen LogP contribution < -0.4 is 0 Å². The molecule has 0 aliphatic heterocycles. The second-order valence-corrected chi connectivity index (χ2v) is 5.01. The summed E-state index contributed by atoms with van der Waals surface area (Å²) < 4.78 is 50.3. The van der Waals surface area contributed by atoms with Gasteiger partial charge in [0.1, 0.15) is 0 Å². The Kier molecular flexibility index (Phi) is 3.99. The van der Waals surface area contributed by atoms with E-state index in [0.717, 1.165) is 0 Å². The Hall–Kier alpha value is -0.280. The molecular weight excluding hydrogens is 196 g/mol. The highest BCUT2D eigenvalue weighted by Crippen LogP contribution is 2.38. The molecule has 0 aliphatic carbocycles. The minimum Gasteiger partial charge on any atom is -0.200 e. The van der Waals surface area contributed by atoms with E-state index in [4.69, 9.17) is 0 Å². The van der Waals surface area contributed by atoms with Crippen molar-refractivity contribution in [2.45, 2.75) is 58.8 Å². The summed E-state index contributed by atoms with van der Waals surface area (Å²) in [5.74, 6) is -7.79. The first-order chi connectivity index (χ1) is 5.96. The molecule has 86 valence electrons. The first-order valence-corrected chi connectivity index (χ1v) is 4.71. The van der Waals surface area contributed by atoms with Crippen molar-refractivity contribution in [3.63, 3.8) is 0 Å². The quantitative estimate of drug-likeness (QED) is 0.605. The molecule has 0 aromatic heterocycles. The average molecular weight is 214 g/mol. The molecule has 0 atom stereocenters. The molecule has 0 radical (unpaired) electrons. The van der Waals surface area contributed by atoms with E-state index in [1.165, 1.54) is 0 Å². The third kappa shape index (κ3) is 4.82. The van der Waals surface area contributed by atoms with Gasteiger partial charge in [0.05, 0.1) is 0 Å². The zero-order valence-electron chi connectivity index (χ0n) is 9.13. The van der Waals surface area contributed by atoms with Gasteiger partial charge in [-0.2, -0.15) is 8.78 Å².